The molecule has 0 aromatic rings. The molecule has 0 aromatic carbocycles. The smallest absolute Gasteiger partial charge is 0.326 e. The maximum absolute atomic E-state index is 11.7. The molecule has 0 aliphatic heterocycles. The van der Waals surface area contributed by atoms with E-state index in [1.807, 2.05) is 13.8 Å². The van der Waals surface area contributed by atoms with Crippen LogP contribution in [0, 0.1) is 5.92 Å². The molecule has 6 nitrogen and oxygen atoms in total. The van der Waals surface area contributed by atoms with Crippen LogP contribution in [0.15, 0.2) is 0 Å². The van der Waals surface area contributed by atoms with E-state index >= 15 is 0 Å². The lowest BCUT2D eigenvalue weighted by molar-refractivity contribution is -0.140. The third-order valence-electron chi connectivity index (χ3n) is 4.06. The zero-order valence-corrected chi connectivity index (χ0v) is 13.1. The lowest BCUT2D eigenvalue weighted by Crippen LogP contribution is -2.49. The maximum Gasteiger partial charge on any atom is 0.326 e. The number of aliphatic carboxylic acids is 1. The third-order valence-corrected chi connectivity index (χ3v) is 4.06. The largest absolute Gasteiger partial charge is 0.480 e. The van der Waals surface area contributed by atoms with Crippen LogP contribution in [0.3, 0.4) is 0 Å². The summed E-state index contributed by atoms with van der Waals surface area (Å²) in [6.07, 6.45) is 6.93. The molecule has 0 saturated heterocycles. The van der Waals surface area contributed by atoms with Crippen molar-refractivity contribution in [3.05, 3.63) is 0 Å². The van der Waals surface area contributed by atoms with Crippen molar-refractivity contribution < 1.29 is 19.4 Å². The molecule has 3 N–H and O–H groups in total. The second-order valence-electron chi connectivity index (χ2n) is 5.73. The number of rotatable bonds is 8. The van der Waals surface area contributed by atoms with Crippen molar-refractivity contribution in [2.24, 2.45) is 5.92 Å². The Balaban J connectivity index is 2.18. The molecule has 2 atom stereocenters. The van der Waals surface area contributed by atoms with Crippen molar-refractivity contribution in [3.8, 4) is 0 Å². The SMILES string of the molecule is CCC(C)[C@H](NC(=O)NCCOC1CCCCC1)C(=O)O. The molecular weight excluding hydrogens is 272 g/mol. The Bertz CT molecular complexity index is 330. The Kier molecular flexibility index (Phi) is 8.12. The van der Waals surface area contributed by atoms with Crippen molar-refractivity contribution in [3.63, 3.8) is 0 Å². The average Bonchev–Trinajstić information content (AvgIpc) is 2.49. The molecule has 1 rings (SSSR count). The molecular formula is C15H28N2O4. The van der Waals surface area contributed by atoms with Gasteiger partial charge in [-0.05, 0) is 18.8 Å². The number of hydrogen-bond donors (Lipinski definition) is 3. The van der Waals surface area contributed by atoms with E-state index in [0.29, 0.717) is 25.7 Å². The number of hydrogen-bond acceptors (Lipinski definition) is 3. The summed E-state index contributed by atoms with van der Waals surface area (Å²) in [6.45, 7) is 4.58. The molecule has 0 bridgehead atoms. The van der Waals surface area contributed by atoms with Crippen molar-refractivity contribution in [1.82, 2.24) is 10.6 Å². The van der Waals surface area contributed by atoms with Gasteiger partial charge in [0.05, 0.1) is 12.7 Å². The molecule has 0 aromatic heterocycles. The van der Waals surface area contributed by atoms with E-state index in [1.165, 1.54) is 19.3 Å². The van der Waals surface area contributed by atoms with Crippen LogP contribution < -0.4 is 10.6 Å². The van der Waals surface area contributed by atoms with Crippen LogP contribution in [0.1, 0.15) is 52.4 Å². The van der Waals surface area contributed by atoms with Gasteiger partial charge in [-0.25, -0.2) is 9.59 Å². The number of carboxylic acid groups (broad SMARTS) is 1. The predicted octanol–water partition coefficient (Wildman–Crippen LogP) is 2.13. The molecule has 6 heteroatoms. The molecule has 21 heavy (non-hydrogen) atoms. The predicted molar refractivity (Wildman–Crippen MR) is 80.2 cm³/mol. The average molecular weight is 300 g/mol. The fourth-order valence-corrected chi connectivity index (χ4v) is 2.50. The monoisotopic (exact) mass is 300 g/mol. The van der Waals surface area contributed by atoms with Crippen LogP contribution in [0.4, 0.5) is 4.79 Å². The number of nitrogens with one attached hydrogen (secondary N) is 2. The Morgan fingerprint density at radius 2 is 1.95 bits per heavy atom. The molecule has 1 aliphatic rings. The van der Waals surface area contributed by atoms with Crippen LogP contribution in [0.25, 0.3) is 0 Å². The van der Waals surface area contributed by atoms with E-state index in [-0.39, 0.29) is 5.92 Å². The van der Waals surface area contributed by atoms with Crippen LogP contribution in [-0.2, 0) is 9.53 Å². The minimum absolute atomic E-state index is 0.105. The van der Waals surface area contributed by atoms with Crippen molar-refractivity contribution >= 4 is 12.0 Å². The Morgan fingerprint density at radius 1 is 1.29 bits per heavy atom. The van der Waals surface area contributed by atoms with E-state index < -0.39 is 18.0 Å². The number of ether oxygens (including phenoxy) is 1. The number of carboxylic acids is 1. The summed E-state index contributed by atoms with van der Waals surface area (Å²) in [5, 5.41) is 14.2. The van der Waals surface area contributed by atoms with E-state index in [2.05, 4.69) is 10.6 Å². The van der Waals surface area contributed by atoms with Crippen molar-refractivity contribution in [1.29, 1.82) is 0 Å². The Hall–Kier alpha value is -1.30. The number of carbonyl (C=O) groups excluding carboxylic acids is 1. The first-order valence-corrected chi connectivity index (χ1v) is 7.93. The quantitative estimate of drug-likeness (QED) is 0.599. The van der Waals surface area contributed by atoms with Gasteiger partial charge in [0.1, 0.15) is 6.04 Å². The summed E-state index contributed by atoms with van der Waals surface area (Å²) in [6, 6.07) is -1.30. The normalized spacial score (nSPS) is 18.8. The fourth-order valence-electron chi connectivity index (χ4n) is 2.50. The second kappa shape index (κ2) is 9.60. The molecule has 1 fully saturated rings. The van der Waals surface area contributed by atoms with Gasteiger partial charge in [-0.2, -0.15) is 0 Å². The highest BCUT2D eigenvalue weighted by atomic mass is 16.5. The molecule has 0 radical (unpaired) electrons. The first-order valence-electron chi connectivity index (χ1n) is 7.93. The van der Waals surface area contributed by atoms with Crippen LogP contribution >= 0.6 is 0 Å². The molecule has 0 spiro atoms. The standard InChI is InChI=1S/C15H28N2O4/c1-3-11(2)13(14(18)19)17-15(20)16-9-10-21-12-7-5-4-6-8-12/h11-13H,3-10H2,1-2H3,(H,18,19)(H2,16,17,20)/t11?,13-/m0/s1. The van der Waals surface area contributed by atoms with Crippen molar-refractivity contribution in [2.45, 2.75) is 64.5 Å². The lowest BCUT2D eigenvalue weighted by Gasteiger charge is -2.22. The van der Waals surface area contributed by atoms with Crippen LogP contribution in [0.5, 0.6) is 0 Å². The fraction of sp³-hybridized carbons (Fsp3) is 0.867. The minimum Gasteiger partial charge on any atom is -0.480 e. The Morgan fingerprint density at radius 3 is 2.52 bits per heavy atom. The van der Waals surface area contributed by atoms with Gasteiger partial charge >= 0.3 is 12.0 Å². The molecule has 122 valence electrons. The van der Waals surface area contributed by atoms with Gasteiger partial charge in [0.25, 0.3) is 0 Å². The molecule has 1 saturated carbocycles. The highest BCUT2D eigenvalue weighted by Gasteiger charge is 2.25. The summed E-state index contributed by atoms with van der Waals surface area (Å²) in [4.78, 5) is 22.8. The number of urea groups is 1. The number of carbonyl (C=O) groups is 2. The minimum atomic E-state index is -1.00. The third kappa shape index (κ3) is 6.80. The van der Waals surface area contributed by atoms with Gasteiger partial charge in [0.15, 0.2) is 0 Å². The summed E-state index contributed by atoms with van der Waals surface area (Å²) in [5.74, 6) is -1.11. The Labute approximate surface area is 126 Å². The molecule has 1 unspecified atom stereocenters. The summed E-state index contributed by atoms with van der Waals surface area (Å²) in [5.41, 5.74) is 0. The summed E-state index contributed by atoms with van der Waals surface area (Å²) < 4.78 is 5.70. The van der Waals surface area contributed by atoms with Gasteiger partial charge in [0, 0.05) is 6.54 Å². The number of amides is 2. The first-order chi connectivity index (χ1) is 10.0. The second-order valence-corrected chi connectivity index (χ2v) is 5.73. The first kappa shape index (κ1) is 17.8. The maximum atomic E-state index is 11.7. The zero-order valence-electron chi connectivity index (χ0n) is 13.1. The summed E-state index contributed by atoms with van der Waals surface area (Å²) in [7, 11) is 0. The molecule has 1 aliphatic carbocycles. The highest BCUT2D eigenvalue weighted by molar-refractivity contribution is 5.82. The molecule has 2 amide bonds. The molecule has 0 heterocycles. The zero-order chi connectivity index (χ0) is 15.7. The lowest BCUT2D eigenvalue weighted by atomic mass is 9.98. The van der Waals surface area contributed by atoms with E-state index in [1.54, 1.807) is 0 Å². The van der Waals surface area contributed by atoms with Gasteiger partial charge in [-0.3, -0.25) is 0 Å². The van der Waals surface area contributed by atoms with E-state index in [0.717, 1.165) is 12.8 Å². The van der Waals surface area contributed by atoms with Gasteiger partial charge in [0.2, 0.25) is 0 Å². The topological polar surface area (TPSA) is 87.7 Å². The van der Waals surface area contributed by atoms with E-state index in [4.69, 9.17) is 9.84 Å². The van der Waals surface area contributed by atoms with Gasteiger partial charge < -0.3 is 20.5 Å². The van der Waals surface area contributed by atoms with Crippen molar-refractivity contribution in [2.75, 3.05) is 13.2 Å². The highest BCUT2D eigenvalue weighted by Crippen LogP contribution is 2.19. The van der Waals surface area contributed by atoms with Crippen LogP contribution in [-0.4, -0.2) is 42.4 Å². The van der Waals surface area contributed by atoms with Gasteiger partial charge in [-0.1, -0.05) is 39.5 Å². The van der Waals surface area contributed by atoms with E-state index in [9.17, 15) is 9.59 Å². The van der Waals surface area contributed by atoms with Crippen LogP contribution in [0.2, 0.25) is 0 Å². The van der Waals surface area contributed by atoms with Gasteiger partial charge in [-0.15, -0.1) is 0 Å². The summed E-state index contributed by atoms with van der Waals surface area (Å²) >= 11 is 0.